The Kier molecular flexibility index (Phi) is 4.52. The van der Waals surface area contributed by atoms with Crippen LogP contribution in [0.5, 0.6) is 5.75 Å². The number of carbonyl (C=O) groups is 1. The van der Waals surface area contributed by atoms with Gasteiger partial charge >= 0.3 is 18.5 Å². The van der Waals surface area contributed by atoms with Gasteiger partial charge in [0.2, 0.25) is 0 Å². The van der Waals surface area contributed by atoms with Crippen molar-refractivity contribution in [3.63, 3.8) is 0 Å². The molecule has 0 fully saturated rings. The maximum absolute atomic E-state index is 12.5. The number of alkyl halides is 7. The summed E-state index contributed by atoms with van der Waals surface area (Å²) in [7, 11) is 0. The molecule has 0 radical (unpaired) electrons. The predicted molar refractivity (Wildman–Crippen MR) is 55.5 cm³/mol. The standard InChI is InChI=1S/C9H4BrF6NO3/c10-2-3-4(20-9(14,15)16)1-5(8(11,12)13)17-6(3)7(18)19/h1H,2H2,(H,18,19). The van der Waals surface area contributed by atoms with Gasteiger partial charge in [-0.2, -0.15) is 13.2 Å². The van der Waals surface area contributed by atoms with Crippen LogP contribution in [0.15, 0.2) is 6.07 Å². The zero-order valence-corrected chi connectivity index (χ0v) is 10.7. The van der Waals surface area contributed by atoms with Gasteiger partial charge in [0.1, 0.15) is 11.4 Å². The molecule has 20 heavy (non-hydrogen) atoms. The Hall–Kier alpha value is -1.52. The first-order valence-electron chi connectivity index (χ1n) is 4.62. The lowest BCUT2D eigenvalue weighted by Crippen LogP contribution is -2.21. The Morgan fingerprint density at radius 1 is 1.30 bits per heavy atom. The summed E-state index contributed by atoms with van der Waals surface area (Å²) in [4.78, 5) is 13.6. The van der Waals surface area contributed by atoms with Crippen LogP contribution >= 0.6 is 15.9 Å². The van der Waals surface area contributed by atoms with Gasteiger partial charge in [-0.05, 0) is 0 Å². The summed E-state index contributed by atoms with van der Waals surface area (Å²) in [6.07, 6.45) is -10.4. The largest absolute Gasteiger partial charge is 0.573 e. The molecule has 1 N–H and O–H groups in total. The van der Waals surface area contributed by atoms with Crippen molar-refractivity contribution in [3.05, 3.63) is 23.0 Å². The van der Waals surface area contributed by atoms with Crippen LogP contribution in [0.25, 0.3) is 0 Å². The van der Waals surface area contributed by atoms with Gasteiger partial charge in [0.15, 0.2) is 5.69 Å². The third-order valence-corrected chi connectivity index (χ3v) is 2.50. The summed E-state index contributed by atoms with van der Waals surface area (Å²) in [6, 6.07) is -0.00345. The zero-order chi connectivity index (χ0) is 15.7. The first kappa shape index (κ1) is 16.5. The van der Waals surface area contributed by atoms with Crippen molar-refractivity contribution in [1.29, 1.82) is 0 Å². The minimum Gasteiger partial charge on any atom is -0.476 e. The average Bonchev–Trinajstić information content (AvgIpc) is 2.24. The Morgan fingerprint density at radius 2 is 1.85 bits per heavy atom. The topological polar surface area (TPSA) is 59.4 Å². The van der Waals surface area contributed by atoms with Crippen molar-refractivity contribution < 1.29 is 41.0 Å². The van der Waals surface area contributed by atoms with E-state index in [1.54, 1.807) is 0 Å². The molecule has 112 valence electrons. The van der Waals surface area contributed by atoms with E-state index < -0.39 is 46.5 Å². The summed E-state index contributed by atoms with van der Waals surface area (Å²) < 4.78 is 77.2. The van der Waals surface area contributed by atoms with Gasteiger partial charge in [-0.15, -0.1) is 13.2 Å². The van der Waals surface area contributed by atoms with E-state index in [0.717, 1.165) is 0 Å². The summed E-state index contributed by atoms with van der Waals surface area (Å²) in [5.74, 6) is -3.17. The fourth-order valence-electron chi connectivity index (χ4n) is 1.22. The second-order valence-corrected chi connectivity index (χ2v) is 3.88. The second kappa shape index (κ2) is 5.46. The molecular formula is C9H4BrF6NO3. The highest BCUT2D eigenvalue weighted by molar-refractivity contribution is 9.08. The van der Waals surface area contributed by atoms with Crippen molar-refractivity contribution in [3.8, 4) is 5.75 Å². The summed E-state index contributed by atoms with van der Waals surface area (Å²) >= 11 is 2.68. The van der Waals surface area contributed by atoms with E-state index in [1.165, 1.54) is 0 Å². The smallest absolute Gasteiger partial charge is 0.476 e. The number of carboxylic acids is 1. The van der Waals surface area contributed by atoms with Crippen molar-refractivity contribution in [2.24, 2.45) is 0 Å². The molecule has 0 bridgehead atoms. The predicted octanol–water partition coefficient (Wildman–Crippen LogP) is 3.59. The normalized spacial score (nSPS) is 12.3. The van der Waals surface area contributed by atoms with E-state index in [9.17, 15) is 31.1 Å². The molecule has 0 aliphatic heterocycles. The van der Waals surface area contributed by atoms with Crippen LogP contribution in [0.2, 0.25) is 0 Å². The highest BCUT2D eigenvalue weighted by Gasteiger charge is 2.38. The van der Waals surface area contributed by atoms with Crippen LogP contribution in [0.1, 0.15) is 21.7 Å². The van der Waals surface area contributed by atoms with Crippen LogP contribution < -0.4 is 4.74 Å². The molecule has 0 saturated heterocycles. The SMILES string of the molecule is O=C(O)c1nc(C(F)(F)F)cc(OC(F)(F)F)c1CBr. The van der Waals surface area contributed by atoms with Crippen molar-refractivity contribution in [2.45, 2.75) is 17.9 Å². The summed E-state index contributed by atoms with van der Waals surface area (Å²) in [5.41, 5.74) is -3.61. The lowest BCUT2D eigenvalue weighted by molar-refractivity contribution is -0.275. The number of aromatic carboxylic acids is 1. The van der Waals surface area contributed by atoms with Crippen LogP contribution in [-0.4, -0.2) is 22.4 Å². The molecule has 0 aliphatic rings. The first-order chi connectivity index (χ1) is 8.95. The molecule has 1 aromatic rings. The van der Waals surface area contributed by atoms with Crippen LogP contribution in [0.4, 0.5) is 26.3 Å². The lowest BCUT2D eigenvalue weighted by atomic mass is 10.1. The van der Waals surface area contributed by atoms with Gasteiger partial charge in [-0.3, -0.25) is 0 Å². The quantitative estimate of drug-likeness (QED) is 0.655. The first-order valence-corrected chi connectivity index (χ1v) is 5.74. The molecule has 0 spiro atoms. The van der Waals surface area contributed by atoms with E-state index in [1.807, 2.05) is 0 Å². The van der Waals surface area contributed by atoms with Gasteiger partial charge < -0.3 is 9.84 Å². The number of hydrogen-bond acceptors (Lipinski definition) is 3. The Balaban J connectivity index is 3.54. The number of ether oxygens (including phenoxy) is 1. The molecular weight excluding hydrogens is 364 g/mol. The molecule has 0 atom stereocenters. The number of hydrogen-bond donors (Lipinski definition) is 1. The van der Waals surface area contributed by atoms with Gasteiger partial charge in [-0.25, -0.2) is 9.78 Å². The number of pyridine rings is 1. The molecule has 0 aromatic carbocycles. The van der Waals surface area contributed by atoms with Crippen LogP contribution in [-0.2, 0) is 11.5 Å². The van der Waals surface area contributed by atoms with Crippen molar-refractivity contribution >= 4 is 21.9 Å². The number of carboxylic acid groups (broad SMARTS) is 1. The van der Waals surface area contributed by atoms with Gasteiger partial charge in [0.05, 0.1) is 0 Å². The fourth-order valence-corrected chi connectivity index (χ4v) is 1.76. The molecule has 11 heteroatoms. The average molecular weight is 368 g/mol. The number of aromatic nitrogens is 1. The minimum atomic E-state index is -5.27. The van der Waals surface area contributed by atoms with E-state index in [-0.39, 0.29) is 6.07 Å². The van der Waals surface area contributed by atoms with E-state index >= 15 is 0 Å². The third kappa shape index (κ3) is 3.99. The third-order valence-electron chi connectivity index (χ3n) is 1.94. The highest BCUT2D eigenvalue weighted by Crippen LogP contribution is 2.36. The Bertz CT molecular complexity index is 528. The molecule has 0 saturated carbocycles. The zero-order valence-electron chi connectivity index (χ0n) is 9.14. The Morgan fingerprint density at radius 3 is 2.20 bits per heavy atom. The van der Waals surface area contributed by atoms with E-state index in [2.05, 4.69) is 25.7 Å². The molecule has 1 rings (SSSR count). The van der Waals surface area contributed by atoms with Gasteiger partial charge in [-0.1, -0.05) is 15.9 Å². The maximum atomic E-state index is 12.5. The number of nitrogens with zero attached hydrogens (tertiary/aromatic N) is 1. The fraction of sp³-hybridized carbons (Fsp3) is 0.333. The minimum absolute atomic E-state index is 0.00345. The van der Waals surface area contributed by atoms with Crippen LogP contribution in [0, 0.1) is 0 Å². The van der Waals surface area contributed by atoms with E-state index in [0.29, 0.717) is 0 Å². The number of halogens is 7. The number of rotatable bonds is 3. The molecule has 0 unspecified atom stereocenters. The molecule has 0 amide bonds. The molecule has 1 heterocycles. The summed E-state index contributed by atoms with van der Waals surface area (Å²) in [5, 5.41) is 8.24. The molecule has 4 nitrogen and oxygen atoms in total. The summed E-state index contributed by atoms with van der Waals surface area (Å²) in [6.45, 7) is 0. The van der Waals surface area contributed by atoms with E-state index in [4.69, 9.17) is 5.11 Å². The van der Waals surface area contributed by atoms with Gasteiger partial charge in [0.25, 0.3) is 0 Å². The maximum Gasteiger partial charge on any atom is 0.573 e. The second-order valence-electron chi connectivity index (χ2n) is 3.32. The van der Waals surface area contributed by atoms with Crippen molar-refractivity contribution in [2.75, 3.05) is 0 Å². The molecule has 0 aliphatic carbocycles. The van der Waals surface area contributed by atoms with Crippen molar-refractivity contribution in [1.82, 2.24) is 4.98 Å². The monoisotopic (exact) mass is 367 g/mol. The van der Waals surface area contributed by atoms with Crippen LogP contribution in [0.3, 0.4) is 0 Å². The van der Waals surface area contributed by atoms with Gasteiger partial charge in [0, 0.05) is 17.0 Å². The lowest BCUT2D eigenvalue weighted by Gasteiger charge is -2.16. The highest BCUT2D eigenvalue weighted by atomic mass is 79.9. The molecule has 1 aromatic heterocycles. The Labute approximate surface area is 115 Å².